The highest BCUT2D eigenvalue weighted by atomic mass is 16.5. The maximum absolute atomic E-state index is 12.3. The minimum absolute atomic E-state index is 0.231. The maximum Gasteiger partial charge on any atom is 0.306 e. The Morgan fingerprint density at radius 1 is 0.650 bits per heavy atom. The monoisotopic (exact) mass is 550 g/mol. The van der Waals surface area contributed by atoms with E-state index in [1.807, 2.05) is 13.8 Å². The van der Waals surface area contributed by atoms with Crippen LogP contribution in [0.2, 0.25) is 0 Å². The molecule has 0 aliphatic carbocycles. The summed E-state index contributed by atoms with van der Waals surface area (Å²) in [5, 5.41) is 0. The molecular weight excluding hydrogens is 508 g/mol. The highest BCUT2D eigenvalue weighted by Gasteiger charge is 2.24. The molecule has 0 unspecified atom stereocenters. The number of carbonyl (C=O) groups is 1. The van der Waals surface area contributed by atoms with Gasteiger partial charge in [0.1, 0.15) is 17.2 Å². The van der Waals surface area contributed by atoms with Gasteiger partial charge >= 0.3 is 5.97 Å². The molecule has 3 aromatic rings. The summed E-state index contributed by atoms with van der Waals surface area (Å²) in [4.78, 5) is 12.3. The fraction of sp³-hybridized carbons (Fsp3) is 0.424. The first-order valence-electron chi connectivity index (χ1n) is 13.6. The van der Waals surface area contributed by atoms with E-state index in [-0.39, 0.29) is 12.4 Å². The van der Waals surface area contributed by atoms with E-state index in [0.29, 0.717) is 38.6 Å². The Kier molecular flexibility index (Phi) is 11.4. The zero-order chi connectivity index (χ0) is 29.2. The molecule has 0 radical (unpaired) electrons. The Labute approximate surface area is 238 Å². The molecule has 7 nitrogen and oxygen atoms in total. The van der Waals surface area contributed by atoms with E-state index in [0.717, 1.165) is 61.6 Å². The molecule has 0 amide bonds. The lowest BCUT2D eigenvalue weighted by Gasteiger charge is -2.23. The highest BCUT2D eigenvalue weighted by Crippen LogP contribution is 2.48. The fourth-order valence-electron chi connectivity index (χ4n) is 5.12. The third-order valence-electron chi connectivity index (χ3n) is 6.57. The van der Waals surface area contributed by atoms with Crippen molar-refractivity contribution in [3.63, 3.8) is 0 Å². The summed E-state index contributed by atoms with van der Waals surface area (Å²) >= 11 is 0. The zero-order valence-electron chi connectivity index (χ0n) is 25.1. The molecule has 0 aliphatic heterocycles. The Morgan fingerprint density at radius 2 is 1.12 bits per heavy atom. The normalized spacial score (nSPS) is 10.9. The average molecular weight is 551 g/mol. The van der Waals surface area contributed by atoms with Crippen molar-refractivity contribution in [1.29, 1.82) is 0 Å². The standard InChI is InChI=1S/C33H42O7/c1-9-39-30(34)12-11-23-17-28(26-15-21(3)13-24(19-35-5)31(26)37-7)33(40-10-2)29(18-23)27-16-22(4)14-25(20-36-6)32(27)38-8/h13-18H,9-12,19-20H2,1-8H3. The van der Waals surface area contributed by atoms with Gasteiger partial charge in [0, 0.05) is 54.0 Å². The molecule has 0 fully saturated rings. The average Bonchev–Trinajstić information content (AvgIpc) is 2.92. The molecule has 216 valence electrons. The van der Waals surface area contributed by atoms with Crippen LogP contribution in [0.1, 0.15) is 48.1 Å². The van der Waals surface area contributed by atoms with Crippen LogP contribution < -0.4 is 14.2 Å². The second-order valence-corrected chi connectivity index (χ2v) is 9.63. The van der Waals surface area contributed by atoms with Crippen molar-refractivity contribution >= 4 is 5.97 Å². The van der Waals surface area contributed by atoms with E-state index in [2.05, 4.69) is 50.2 Å². The van der Waals surface area contributed by atoms with Crippen molar-refractivity contribution in [1.82, 2.24) is 0 Å². The molecule has 40 heavy (non-hydrogen) atoms. The molecule has 0 aliphatic rings. The van der Waals surface area contributed by atoms with E-state index in [1.165, 1.54) is 0 Å². The Morgan fingerprint density at radius 3 is 1.52 bits per heavy atom. The summed E-state index contributed by atoms with van der Waals surface area (Å²) in [6.07, 6.45) is 0.768. The summed E-state index contributed by atoms with van der Waals surface area (Å²) in [6, 6.07) is 12.5. The number of rotatable bonds is 14. The summed E-state index contributed by atoms with van der Waals surface area (Å²) in [5.74, 6) is 1.92. The Bertz CT molecular complexity index is 1230. The lowest BCUT2D eigenvalue weighted by molar-refractivity contribution is -0.143. The molecule has 7 heteroatoms. The summed E-state index contributed by atoms with van der Waals surface area (Å²) in [6.45, 7) is 9.50. The molecule has 0 aromatic heterocycles. The summed E-state index contributed by atoms with van der Waals surface area (Å²) in [7, 11) is 6.67. The van der Waals surface area contributed by atoms with Gasteiger partial charge in [0.2, 0.25) is 0 Å². The van der Waals surface area contributed by atoms with Crippen LogP contribution in [-0.4, -0.2) is 47.6 Å². The van der Waals surface area contributed by atoms with Crippen molar-refractivity contribution in [2.24, 2.45) is 0 Å². The van der Waals surface area contributed by atoms with Gasteiger partial charge in [-0.15, -0.1) is 0 Å². The van der Waals surface area contributed by atoms with Crippen molar-refractivity contribution in [3.05, 3.63) is 64.2 Å². The van der Waals surface area contributed by atoms with Crippen LogP contribution >= 0.6 is 0 Å². The molecular formula is C33H42O7. The Balaban J connectivity index is 2.41. The van der Waals surface area contributed by atoms with Gasteiger partial charge < -0.3 is 28.4 Å². The Hall–Kier alpha value is -3.55. The number of methoxy groups -OCH3 is 4. The van der Waals surface area contributed by atoms with E-state index in [1.54, 1.807) is 28.4 Å². The van der Waals surface area contributed by atoms with Gasteiger partial charge in [0.25, 0.3) is 0 Å². The third kappa shape index (κ3) is 7.14. The van der Waals surface area contributed by atoms with Crippen LogP contribution in [0.15, 0.2) is 36.4 Å². The first-order chi connectivity index (χ1) is 19.3. The SMILES string of the molecule is CCOC(=O)CCc1cc(-c2cc(C)cc(COC)c2OC)c(OCC)c(-c2cc(C)cc(COC)c2OC)c1. The molecule has 0 spiro atoms. The topological polar surface area (TPSA) is 72.5 Å². The predicted molar refractivity (Wildman–Crippen MR) is 157 cm³/mol. The molecule has 0 bridgehead atoms. The van der Waals surface area contributed by atoms with Crippen LogP contribution in [0, 0.1) is 13.8 Å². The highest BCUT2D eigenvalue weighted by molar-refractivity contribution is 5.89. The maximum atomic E-state index is 12.3. The molecule has 0 N–H and O–H groups in total. The number of aryl methyl sites for hydroxylation is 3. The van der Waals surface area contributed by atoms with E-state index >= 15 is 0 Å². The second-order valence-electron chi connectivity index (χ2n) is 9.63. The van der Waals surface area contributed by atoms with E-state index < -0.39 is 0 Å². The van der Waals surface area contributed by atoms with Crippen molar-refractivity contribution in [2.45, 2.75) is 53.8 Å². The lowest BCUT2D eigenvalue weighted by Crippen LogP contribution is -2.07. The third-order valence-corrected chi connectivity index (χ3v) is 6.57. The minimum Gasteiger partial charge on any atom is -0.496 e. The number of esters is 1. The van der Waals surface area contributed by atoms with E-state index in [9.17, 15) is 4.79 Å². The quantitative estimate of drug-likeness (QED) is 0.203. The number of benzene rings is 3. The van der Waals surface area contributed by atoms with Crippen molar-refractivity contribution in [2.75, 3.05) is 41.7 Å². The molecule has 0 saturated heterocycles. The van der Waals surface area contributed by atoms with Gasteiger partial charge in [0.05, 0.1) is 40.6 Å². The van der Waals surface area contributed by atoms with E-state index in [4.69, 9.17) is 28.4 Å². The van der Waals surface area contributed by atoms with Gasteiger partial charge in [0.15, 0.2) is 0 Å². The molecule has 3 rings (SSSR count). The lowest BCUT2D eigenvalue weighted by atomic mass is 9.89. The number of hydrogen-bond acceptors (Lipinski definition) is 7. The number of hydrogen-bond donors (Lipinski definition) is 0. The van der Waals surface area contributed by atoms with Gasteiger partial charge in [-0.2, -0.15) is 0 Å². The first kappa shape index (κ1) is 31.0. The summed E-state index contributed by atoms with van der Waals surface area (Å²) < 4.78 is 34.5. The molecule has 3 aromatic carbocycles. The zero-order valence-corrected chi connectivity index (χ0v) is 25.1. The van der Waals surface area contributed by atoms with Crippen molar-refractivity contribution in [3.8, 4) is 39.5 Å². The van der Waals surface area contributed by atoms with Crippen LogP contribution in [0.4, 0.5) is 0 Å². The van der Waals surface area contributed by atoms with Crippen LogP contribution in [0.25, 0.3) is 22.3 Å². The smallest absolute Gasteiger partial charge is 0.306 e. The largest absolute Gasteiger partial charge is 0.496 e. The summed E-state index contributed by atoms with van der Waals surface area (Å²) in [5.41, 5.74) is 8.50. The fourth-order valence-corrected chi connectivity index (χ4v) is 5.12. The van der Waals surface area contributed by atoms with Gasteiger partial charge in [-0.05, 0) is 75.1 Å². The minimum atomic E-state index is -0.231. The first-order valence-corrected chi connectivity index (χ1v) is 13.6. The number of ether oxygens (including phenoxy) is 6. The van der Waals surface area contributed by atoms with Gasteiger partial charge in [-0.25, -0.2) is 0 Å². The van der Waals surface area contributed by atoms with Crippen molar-refractivity contribution < 1.29 is 33.2 Å². The van der Waals surface area contributed by atoms with Crippen LogP contribution in [0.3, 0.4) is 0 Å². The van der Waals surface area contributed by atoms with Crippen LogP contribution in [-0.2, 0) is 38.6 Å². The predicted octanol–water partition coefficient (Wildman–Crippen LogP) is 6.84. The molecule has 0 atom stereocenters. The number of carbonyl (C=O) groups excluding carboxylic acids is 1. The second kappa shape index (κ2) is 14.7. The molecule has 0 heterocycles. The van der Waals surface area contributed by atoms with Gasteiger partial charge in [-0.1, -0.05) is 12.1 Å². The molecule has 0 saturated carbocycles. The van der Waals surface area contributed by atoms with Crippen LogP contribution in [0.5, 0.6) is 17.2 Å². The van der Waals surface area contributed by atoms with Gasteiger partial charge in [-0.3, -0.25) is 4.79 Å².